The molecule has 0 radical (unpaired) electrons. The third-order valence-electron chi connectivity index (χ3n) is 2.11. The molecule has 0 unspecified atom stereocenters. The van der Waals surface area contributed by atoms with Gasteiger partial charge in [-0.2, -0.15) is 0 Å². The Balaban J connectivity index is 2.47. The zero-order valence-electron chi connectivity index (χ0n) is 8.18. The van der Waals surface area contributed by atoms with Gasteiger partial charge in [-0.1, -0.05) is 0 Å². The molecule has 0 fully saturated rings. The van der Waals surface area contributed by atoms with Crippen LogP contribution in [-0.4, -0.2) is 14.5 Å². The Hall–Kier alpha value is -1.69. The van der Waals surface area contributed by atoms with Crippen molar-refractivity contribution in [1.29, 1.82) is 0 Å². The number of nitrogens with one attached hydrogen (secondary N) is 1. The first-order valence-corrected chi connectivity index (χ1v) is 5.34. The van der Waals surface area contributed by atoms with Gasteiger partial charge in [0.1, 0.15) is 0 Å². The van der Waals surface area contributed by atoms with Crippen molar-refractivity contribution in [3.8, 4) is 0 Å². The Labute approximate surface area is 98.9 Å². The zero-order valence-corrected chi connectivity index (χ0v) is 9.77. The van der Waals surface area contributed by atoms with Crippen LogP contribution in [0.5, 0.6) is 0 Å². The third-order valence-corrected chi connectivity index (χ3v) is 2.68. The van der Waals surface area contributed by atoms with Gasteiger partial charge in [0.25, 0.3) is 5.56 Å². The van der Waals surface area contributed by atoms with E-state index in [0.29, 0.717) is 4.47 Å². The molecule has 0 spiro atoms. The van der Waals surface area contributed by atoms with Gasteiger partial charge in [-0.3, -0.25) is 14.3 Å². The molecule has 16 heavy (non-hydrogen) atoms. The Kier molecular flexibility index (Phi) is 3.00. The third kappa shape index (κ3) is 2.11. The lowest BCUT2D eigenvalue weighted by molar-refractivity contribution is 0.693. The van der Waals surface area contributed by atoms with Crippen molar-refractivity contribution >= 4 is 15.9 Å². The summed E-state index contributed by atoms with van der Waals surface area (Å²) >= 11 is 3.08. The highest BCUT2D eigenvalue weighted by molar-refractivity contribution is 9.10. The minimum atomic E-state index is -0.426. The predicted molar refractivity (Wildman–Crippen MR) is 62.4 cm³/mol. The van der Waals surface area contributed by atoms with E-state index in [0.717, 1.165) is 10.1 Å². The highest BCUT2D eigenvalue weighted by atomic mass is 79.9. The second-order valence-electron chi connectivity index (χ2n) is 3.19. The summed E-state index contributed by atoms with van der Waals surface area (Å²) in [5.41, 5.74) is 0.0753. The van der Waals surface area contributed by atoms with Crippen molar-refractivity contribution in [1.82, 2.24) is 14.5 Å². The lowest BCUT2D eigenvalue weighted by Gasteiger charge is -2.04. The summed E-state index contributed by atoms with van der Waals surface area (Å²) < 4.78 is 1.46. The summed E-state index contributed by atoms with van der Waals surface area (Å²) in [5, 5.41) is 0. The number of hydrogen-bond acceptors (Lipinski definition) is 3. The van der Waals surface area contributed by atoms with Crippen molar-refractivity contribution < 1.29 is 0 Å². The number of hydrogen-bond donors (Lipinski definition) is 1. The van der Waals surface area contributed by atoms with Crippen LogP contribution in [0.1, 0.15) is 5.56 Å². The second-order valence-corrected chi connectivity index (χ2v) is 4.04. The van der Waals surface area contributed by atoms with Crippen LogP contribution in [-0.2, 0) is 6.54 Å². The molecule has 2 rings (SSSR count). The molecule has 6 heteroatoms. The summed E-state index contributed by atoms with van der Waals surface area (Å²) in [4.78, 5) is 29.5. The molecule has 0 aromatic carbocycles. The Morgan fingerprint density at radius 1 is 1.31 bits per heavy atom. The van der Waals surface area contributed by atoms with Crippen LogP contribution in [0.15, 0.2) is 44.8 Å². The SMILES string of the molecule is O=c1[nH]cc(Br)c(=O)n1Cc1ccncc1. The van der Waals surface area contributed by atoms with E-state index in [2.05, 4.69) is 25.9 Å². The average Bonchev–Trinajstić information content (AvgIpc) is 2.31. The monoisotopic (exact) mass is 281 g/mol. The molecule has 2 aromatic rings. The Bertz CT molecular complexity index is 603. The number of nitrogens with zero attached hydrogens (tertiary/aromatic N) is 2. The number of H-pyrrole nitrogens is 1. The molecule has 0 amide bonds. The standard InChI is InChI=1S/C10H8BrN3O2/c11-8-5-13-10(16)14(9(8)15)6-7-1-3-12-4-2-7/h1-5H,6H2,(H,13,16). The number of aromatic nitrogens is 3. The van der Waals surface area contributed by atoms with E-state index in [9.17, 15) is 9.59 Å². The van der Waals surface area contributed by atoms with E-state index in [4.69, 9.17) is 0 Å². The zero-order chi connectivity index (χ0) is 11.5. The van der Waals surface area contributed by atoms with Crippen molar-refractivity contribution in [3.63, 3.8) is 0 Å². The first-order valence-electron chi connectivity index (χ1n) is 4.55. The van der Waals surface area contributed by atoms with Crippen molar-refractivity contribution in [3.05, 3.63) is 61.6 Å². The van der Waals surface area contributed by atoms with Crippen molar-refractivity contribution in [2.24, 2.45) is 0 Å². The summed E-state index contributed by atoms with van der Waals surface area (Å²) in [7, 11) is 0. The normalized spacial score (nSPS) is 10.3. The van der Waals surface area contributed by atoms with E-state index in [1.807, 2.05) is 0 Å². The first kappa shape index (κ1) is 10.8. The van der Waals surface area contributed by atoms with Crippen LogP contribution in [0.25, 0.3) is 0 Å². The smallest absolute Gasteiger partial charge is 0.313 e. The molecule has 0 bridgehead atoms. The van der Waals surface area contributed by atoms with Crippen LogP contribution in [0.2, 0.25) is 0 Å². The number of aromatic amines is 1. The molecule has 0 aliphatic carbocycles. The molecule has 82 valence electrons. The van der Waals surface area contributed by atoms with Gasteiger partial charge >= 0.3 is 5.69 Å². The largest absolute Gasteiger partial charge is 0.328 e. The maximum Gasteiger partial charge on any atom is 0.328 e. The lowest BCUT2D eigenvalue weighted by Crippen LogP contribution is -2.35. The van der Waals surface area contributed by atoms with Crippen LogP contribution >= 0.6 is 15.9 Å². The number of halogens is 1. The van der Waals surface area contributed by atoms with Crippen LogP contribution in [0.3, 0.4) is 0 Å². The molecule has 2 aromatic heterocycles. The maximum absolute atomic E-state index is 11.7. The molecule has 0 saturated heterocycles. The van der Waals surface area contributed by atoms with Gasteiger partial charge in [-0.05, 0) is 33.6 Å². The van der Waals surface area contributed by atoms with Crippen LogP contribution in [0, 0.1) is 0 Å². The minimum absolute atomic E-state index is 0.232. The van der Waals surface area contributed by atoms with Crippen LogP contribution < -0.4 is 11.2 Å². The van der Waals surface area contributed by atoms with E-state index >= 15 is 0 Å². The molecule has 0 aliphatic heterocycles. The first-order chi connectivity index (χ1) is 7.68. The van der Waals surface area contributed by atoms with Gasteiger partial charge in [0.2, 0.25) is 0 Å². The van der Waals surface area contributed by atoms with Gasteiger partial charge in [0, 0.05) is 18.6 Å². The van der Waals surface area contributed by atoms with Gasteiger partial charge < -0.3 is 4.98 Å². The Morgan fingerprint density at radius 2 is 2.00 bits per heavy atom. The van der Waals surface area contributed by atoms with E-state index < -0.39 is 5.69 Å². The lowest BCUT2D eigenvalue weighted by atomic mass is 10.3. The second kappa shape index (κ2) is 4.44. The molecular weight excluding hydrogens is 274 g/mol. The molecule has 0 aliphatic rings. The van der Waals surface area contributed by atoms with Crippen molar-refractivity contribution in [2.45, 2.75) is 6.54 Å². The predicted octanol–water partition coefficient (Wildman–Crippen LogP) is 0.742. The van der Waals surface area contributed by atoms with Crippen molar-refractivity contribution in [2.75, 3.05) is 0 Å². The molecule has 0 saturated carbocycles. The average molecular weight is 282 g/mol. The highest BCUT2D eigenvalue weighted by Gasteiger charge is 2.05. The molecule has 2 heterocycles. The van der Waals surface area contributed by atoms with E-state index in [-0.39, 0.29) is 12.1 Å². The summed E-state index contributed by atoms with van der Waals surface area (Å²) in [6, 6.07) is 3.51. The minimum Gasteiger partial charge on any atom is -0.313 e. The van der Waals surface area contributed by atoms with Gasteiger partial charge in [0.15, 0.2) is 0 Å². The number of pyridine rings is 1. The maximum atomic E-state index is 11.7. The summed E-state index contributed by atoms with van der Waals surface area (Å²) in [6.45, 7) is 0.232. The molecule has 5 nitrogen and oxygen atoms in total. The molecule has 1 N–H and O–H groups in total. The summed E-state index contributed by atoms with van der Waals surface area (Å²) in [5.74, 6) is 0. The van der Waals surface area contributed by atoms with E-state index in [1.165, 1.54) is 6.20 Å². The fraction of sp³-hybridized carbons (Fsp3) is 0.100. The number of rotatable bonds is 2. The van der Waals surface area contributed by atoms with Crippen LogP contribution in [0.4, 0.5) is 0 Å². The molecule has 0 atom stereocenters. The quantitative estimate of drug-likeness (QED) is 0.883. The van der Waals surface area contributed by atoms with E-state index in [1.54, 1.807) is 24.5 Å². The Morgan fingerprint density at radius 3 is 2.69 bits per heavy atom. The topological polar surface area (TPSA) is 67.8 Å². The van der Waals surface area contributed by atoms with Gasteiger partial charge in [-0.15, -0.1) is 0 Å². The molecular formula is C10H8BrN3O2. The fourth-order valence-corrected chi connectivity index (χ4v) is 1.63. The fourth-order valence-electron chi connectivity index (χ4n) is 1.30. The van der Waals surface area contributed by atoms with Gasteiger partial charge in [0.05, 0.1) is 11.0 Å². The van der Waals surface area contributed by atoms with Gasteiger partial charge in [-0.25, -0.2) is 4.79 Å². The summed E-state index contributed by atoms with van der Waals surface area (Å²) in [6.07, 6.45) is 4.58. The highest BCUT2D eigenvalue weighted by Crippen LogP contribution is 1.99.